The maximum absolute atomic E-state index is 12.6. The molecule has 25 heavy (non-hydrogen) atoms. The number of carbonyl (C=O) groups excluding carboxylic acids is 1. The van der Waals surface area contributed by atoms with E-state index in [1.807, 2.05) is 12.1 Å². The number of amides is 2. The maximum Gasteiger partial charge on any atom is 0.322 e. The van der Waals surface area contributed by atoms with E-state index in [0.29, 0.717) is 12.2 Å². The Kier molecular flexibility index (Phi) is 4.47. The third-order valence-corrected chi connectivity index (χ3v) is 4.60. The smallest absolute Gasteiger partial charge is 0.322 e. The summed E-state index contributed by atoms with van der Waals surface area (Å²) in [6.45, 7) is 3.82. The fourth-order valence-electron chi connectivity index (χ4n) is 3.30. The van der Waals surface area contributed by atoms with Gasteiger partial charge in [0.05, 0.1) is 31.1 Å². The highest BCUT2D eigenvalue weighted by Gasteiger charge is 2.32. The Labute approximate surface area is 145 Å². The first kappa shape index (κ1) is 15.8. The van der Waals surface area contributed by atoms with Crippen molar-refractivity contribution >= 4 is 17.5 Å². The summed E-state index contributed by atoms with van der Waals surface area (Å²) in [5, 5.41) is 9.67. The van der Waals surface area contributed by atoms with Crippen molar-refractivity contribution in [3.8, 4) is 0 Å². The van der Waals surface area contributed by atoms with E-state index in [9.17, 15) is 4.79 Å². The van der Waals surface area contributed by atoms with Crippen LogP contribution in [0.25, 0.3) is 0 Å². The molecule has 1 atom stereocenters. The number of nitrogens with zero attached hydrogens (tertiary/aromatic N) is 5. The molecule has 2 saturated heterocycles. The van der Waals surface area contributed by atoms with Crippen molar-refractivity contribution in [2.24, 2.45) is 0 Å². The molecule has 132 valence electrons. The number of anilines is 2. The minimum absolute atomic E-state index is 0.0527. The standard InChI is InChI=1S/C16H21N7O2/c24-16(23-5-1-2-13(23)15-18-11-19-21-15)20-12-3-4-14(17-10-12)22-6-8-25-9-7-22/h3-4,10-11,13H,1-2,5-9H2,(H,20,24)(H,18,19,21)/t13-/m1/s1. The van der Waals surface area contributed by atoms with Gasteiger partial charge in [-0.2, -0.15) is 5.10 Å². The van der Waals surface area contributed by atoms with Gasteiger partial charge in [0.1, 0.15) is 18.0 Å². The molecule has 2 N–H and O–H groups in total. The van der Waals surface area contributed by atoms with Gasteiger partial charge in [-0.15, -0.1) is 0 Å². The van der Waals surface area contributed by atoms with Crippen molar-refractivity contribution < 1.29 is 9.53 Å². The van der Waals surface area contributed by atoms with Gasteiger partial charge in [0.15, 0.2) is 0 Å². The van der Waals surface area contributed by atoms with Gasteiger partial charge in [-0.3, -0.25) is 5.10 Å². The highest BCUT2D eigenvalue weighted by molar-refractivity contribution is 5.89. The topological polar surface area (TPSA) is 99.3 Å². The average molecular weight is 343 g/mol. The van der Waals surface area contributed by atoms with Gasteiger partial charge in [0.2, 0.25) is 0 Å². The molecule has 0 unspecified atom stereocenters. The summed E-state index contributed by atoms with van der Waals surface area (Å²) in [5.74, 6) is 1.63. The van der Waals surface area contributed by atoms with Crippen molar-refractivity contribution in [1.29, 1.82) is 0 Å². The largest absolute Gasteiger partial charge is 0.378 e. The van der Waals surface area contributed by atoms with Crippen LogP contribution < -0.4 is 10.2 Å². The Balaban J connectivity index is 1.40. The number of likely N-dealkylation sites (tertiary alicyclic amines) is 1. The van der Waals surface area contributed by atoms with Crippen LogP contribution in [0.1, 0.15) is 24.7 Å². The zero-order valence-corrected chi connectivity index (χ0v) is 13.9. The number of rotatable bonds is 3. The predicted octanol–water partition coefficient (Wildman–Crippen LogP) is 1.41. The Morgan fingerprint density at radius 1 is 1.24 bits per heavy atom. The minimum Gasteiger partial charge on any atom is -0.378 e. The van der Waals surface area contributed by atoms with Gasteiger partial charge in [-0.25, -0.2) is 14.8 Å². The second-order valence-electron chi connectivity index (χ2n) is 6.16. The van der Waals surface area contributed by atoms with E-state index in [-0.39, 0.29) is 12.1 Å². The fourth-order valence-corrected chi connectivity index (χ4v) is 3.30. The van der Waals surface area contributed by atoms with Gasteiger partial charge in [-0.1, -0.05) is 0 Å². The summed E-state index contributed by atoms with van der Waals surface area (Å²) in [6.07, 6.45) is 5.00. The summed E-state index contributed by atoms with van der Waals surface area (Å²) in [4.78, 5) is 25.2. The predicted molar refractivity (Wildman–Crippen MR) is 91.4 cm³/mol. The molecule has 0 aromatic carbocycles. The average Bonchev–Trinajstić information content (AvgIpc) is 3.34. The second-order valence-corrected chi connectivity index (χ2v) is 6.16. The monoisotopic (exact) mass is 343 g/mol. The molecule has 0 radical (unpaired) electrons. The zero-order valence-electron chi connectivity index (χ0n) is 13.9. The van der Waals surface area contributed by atoms with E-state index >= 15 is 0 Å². The molecule has 4 heterocycles. The number of hydrogen-bond acceptors (Lipinski definition) is 6. The third kappa shape index (κ3) is 3.41. The molecule has 2 fully saturated rings. The molecule has 2 aromatic rings. The number of morpholine rings is 1. The first-order chi connectivity index (χ1) is 12.3. The highest BCUT2D eigenvalue weighted by Crippen LogP contribution is 2.30. The molecule has 2 aliphatic rings. The molecule has 2 aromatic heterocycles. The van der Waals surface area contributed by atoms with Crippen molar-refractivity contribution in [2.45, 2.75) is 18.9 Å². The van der Waals surface area contributed by atoms with Crippen LogP contribution in [-0.4, -0.2) is 63.9 Å². The number of pyridine rings is 1. The maximum atomic E-state index is 12.6. The number of carbonyl (C=O) groups is 1. The number of urea groups is 1. The summed E-state index contributed by atoms with van der Waals surface area (Å²) in [5.41, 5.74) is 0.685. The van der Waals surface area contributed by atoms with Crippen LogP contribution in [0.5, 0.6) is 0 Å². The van der Waals surface area contributed by atoms with Crippen LogP contribution in [0.4, 0.5) is 16.3 Å². The Bertz CT molecular complexity index is 698. The summed E-state index contributed by atoms with van der Waals surface area (Å²) in [6, 6.07) is 3.62. The lowest BCUT2D eigenvalue weighted by atomic mass is 10.2. The second kappa shape index (κ2) is 7.06. The number of H-pyrrole nitrogens is 1. The first-order valence-corrected chi connectivity index (χ1v) is 8.53. The van der Waals surface area contributed by atoms with Gasteiger partial charge >= 0.3 is 6.03 Å². The molecule has 0 aliphatic carbocycles. The molecule has 0 saturated carbocycles. The van der Waals surface area contributed by atoms with Crippen molar-refractivity contribution in [1.82, 2.24) is 25.1 Å². The Morgan fingerprint density at radius 2 is 2.12 bits per heavy atom. The Morgan fingerprint density at radius 3 is 2.84 bits per heavy atom. The lowest BCUT2D eigenvalue weighted by molar-refractivity contribution is 0.122. The van der Waals surface area contributed by atoms with Gasteiger partial charge in [0, 0.05) is 19.6 Å². The van der Waals surface area contributed by atoms with E-state index < -0.39 is 0 Å². The molecule has 0 bridgehead atoms. The minimum atomic E-state index is -0.139. The van der Waals surface area contributed by atoms with Crippen LogP contribution in [0.3, 0.4) is 0 Å². The number of aromatic amines is 1. The molecular weight excluding hydrogens is 322 g/mol. The van der Waals surface area contributed by atoms with Gasteiger partial charge < -0.3 is 19.9 Å². The molecule has 2 aliphatic heterocycles. The normalized spacial score (nSPS) is 20.7. The Hall–Kier alpha value is -2.68. The van der Waals surface area contributed by atoms with Crippen LogP contribution in [0.2, 0.25) is 0 Å². The van der Waals surface area contributed by atoms with E-state index in [0.717, 1.165) is 50.8 Å². The fraction of sp³-hybridized carbons (Fsp3) is 0.500. The van der Waals surface area contributed by atoms with Gasteiger partial charge in [0.25, 0.3) is 0 Å². The molecule has 9 heteroatoms. The van der Waals surface area contributed by atoms with Gasteiger partial charge in [-0.05, 0) is 25.0 Å². The summed E-state index contributed by atoms with van der Waals surface area (Å²) < 4.78 is 5.35. The van der Waals surface area contributed by atoms with E-state index in [2.05, 4.69) is 30.4 Å². The molecule has 2 amide bonds. The third-order valence-electron chi connectivity index (χ3n) is 4.60. The lowest BCUT2D eigenvalue weighted by Gasteiger charge is -2.28. The van der Waals surface area contributed by atoms with Crippen LogP contribution >= 0.6 is 0 Å². The van der Waals surface area contributed by atoms with E-state index in [1.165, 1.54) is 6.33 Å². The summed E-state index contributed by atoms with van der Waals surface area (Å²) in [7, 11) is 0. The molecule has 9 nitrogen and oxygen atoms in total. The molecule has 0 spiro atoms. The van der Waals surface area contributed by atoms with E-state index in [4.69, 9.17) is 4.74 Å². The van der Waals surface area contributed by atoms with Crippen molar-refractivity contribution in [3.63, 3.8) is 0 Å². The van der Waals surface area contributed by atoms with Crippen LogP contribution in [-0.2, 0) is 4.74 Å². The zero-order chi connectivity index (χ0) is 17.1. The summed E-state index contributed by atoms with van der Waals surface area (Å²) >= 11 is 0. The highest BCUT2D eigenvalue weighted by atomic mass is 16.5. The first-order valence-electron chi connectivity index (χ1n) is 8.53. The number of hydrogen-bond donors (Lipinski definition) is 2. The number of aromatic nitrogens is 4. The quantitative estimate of drug-likeness (QED) is 0.874. The van der Waals surface area contributed by atoms with Crippen LogP contribution in [0.15, 0.2) is 24.7 Å². The van der Waals surface area contributed by atoms with Crippen molar-refractivity contribution in [3.05, 3.63) is 30.5 Å². The number of nitrogens with one attached hydrogen (secondary N) is 2. The molecular formula is C16H21N7O2. The van der Waals surface area contributed by atoms with Crippen molar-refractivity contribution in [2.75, 3.05) is 43.1 Å². The van der Waals surface area contributed by atoms with Crippen LogP contribution in [0, 0.1) is 0 Å². The molecule has 4 rings (SSSR count). The lowest BCUT2D eigenvalue weighted by Crippen LogP contribution is -2.37. The SMILES string of the molecule is O=C(Nc1ccc(N2CCOCC2)nc1)N1CCC[C@@H]1c1ncn[nH]1. The van der Waals surface area contributed by atoms with E-state index in [1.54, 1.807) is 11.1 Å². The number of ether oxygens (including phenoxy) is 1.